The Kier molecular flexibility index (Phi) is 6.36. The van der Waals surface area contributed by atoms with E-state index in [1.807, 2.05) is 36.4 Å². The fraction of sp³-hybridized carbons (Fsp3) is 0.280. The molecular weight excluding hydrogens is 436 g/mol. The minimum atomic E-state index is -1.03. The van der Waals surface area contributed by atoms with Crippen LogP contribution in [-0.4, -0.2) is 46.0 Å². The summed E-state index contributed by atoms with van der Waals surface area (Å²) < 4.78 is 6.73. The number of carbonyl (C=O) groups is 3. The van der Waals surface area contributed by atoms with E-state index in [1.54, 1.807) is 13.8 Å². The summed E-state index contributed by atoms with van der Waals surface area (Å²) in [5.74, 6) is -1.42. The van der Waals surface area contributed by atoms with Gasteiger partial charge in [0.25, 0.3) is 0 Å². The van der Waals surface area contributed by atoms with Crippen molar-refractivity contribution in [2.45, 2.75) is 26.3 Å². The number of aromatic nitrogens is 2. The molecule has 176 valence electrons. The number of ether oxygens (including phenoxy) is 1. The predicted octanol–water partition coefficient (Wildman–Crippen LogP) is 3.47. The first kappa shape index (κ1) is 23.0. The topological polar surface area (TPSA) is 123 Å². The predicted molar refractivity (Wildman–Crippen MR) is 125 cm³/mol. The summed E-state index contributed by atoms with van der Waals surface area (Å²) in [6, 6.07) is 16.2. The van der Waals surface area contributed by atoms with Gasteiger partial charge < -0.3 is 20.5 Å². The van der Waals surface area contributed by atoms with Crippen molar-refractivity contribution in [1.82, 2.24) is 15.1 Å². The average Bonchev–Trinajstić information content (AvgIpc) is 3.37. The Morgan fingerprint density at radius 2 is 1.68 bits per heavy atom. The number of fused-ring (bicyclic) bond motifs is 3. The molecule has 0 fully saturated rings. The maximum absolute atomic E-state index is 12.7. The summed E-state index contributed by atoms with van der Waals surface area (Å²) in [6.07, 6.45) is 2.20. The lowest BCUT2D eigenvalue weighted by atomic mass is 9.92. The zero-order chi connectivity index (χ0) is 24.3. The van der Waals surface area contributed by atoms with Crippen LogP contribution in [-0.2, 0) is 20.9 Å². The minimum absolute atomic E-state index is 0.0446. The maximum atomic E-state index is 12.7. The van der Waals surface area contributed by atoms with Gasteiger partial charge >= 0.3 is 12.1 Å². The van der Waals surface area contributed by atoms with Gasteiger partial charge in [-0.05, 0) is 36.1 Å². The second-order valence-corrected chi connectivity index (χ2v) is 8.84. The van der Waals surface area contributed by atoms with Crippen LogP contribution in [0.2, 0.25) is 0 Å². The van der Waals surface area contributed by atoms with Gasteiger partial charge in [0.15, 0.2) is 0 Å². The van der Waals surface area contributed by atoms with Gasteiger partial charge in [-0.1, -0.05) is 48.5 Å². The number of benzene rings is 2. The minimum Gasteiger partial charge on any atom is -0.480 e. The summed E-state index contributed by atoms with van der Waals surface area (Å²) in [4.78, 5) is 35.9. The van der Waals surface area contributed by atoms with Gasteiger partial charge in [-0.15, -0.1) is 0 Å². The molecule has 0 radical (unpaired) electrons. The molecule has 1 heterocycles. The third-order valence-electron chi connectivity index (χ3n) is 5.82. The first-order valence-corrected chi connectivity index (χ1v) is 10.9. The van der Waals surface area contributed by atoms with Crippen LogP contribution in [0.5, 0.6) is 0 Å². The highest BCUT2D eigenvalue weighted by Crippen LogP contribution is 2.44. The van der Waals surface area contributed by atoms with Crippen molar-refractivity contribution in [2.24, 2.45) is 5.41 Å². The first-order chi connectivity index (χ1) is 16.2. The molecule has 0 atom stereocenters. The molecule has 4 rings (SSSR count). The molecule has 0 aliphatic heterocycles. The molecule has 3 N–H and O–H groups in total. The van der Waals surface area contributed by atoms with Crippen LogP contribution in [0.1, 0.15) is 30.9 Å². The van der Waals surface area contributed by atoms with E-state index in [9.17, 15) is 14.4 Å². The number of hydrogen-bond donors (Lipinski definition) is 3. The molecule has 1 aromatic heterocycles. The van der Waals surface area contributed by atoms with Crippen molar-refractivity contribution < 1.29 is 24.2 Å². The first-order valence-electron chi connectivity index (χ1n) is 10.9. The Labute approximate surface area is 196 Å². The summed E-state index contributed by atoms with van der Waals surface area (Å²) in [5.41, 5.74) is 3.98. The number of nitrogens with zero attached hydrogens (tertiary/aromatic N) is 2. The highest BCUT2D eigenvalue weighted by Gasteiger charge is 2.31. The van der Waals surface area contributed by atoms with Crippen molar-refractivity contribution in [2.75, 3.05) is 18.5 Å². The van der Waals surface area contributed by atoms with E-state index < -0.39 is 17.5 Å². The van der Waals surface area contributed by atoms with Crippen molar-refractivity contribution in [3.63, 3.8) is 0 Å². The number of carboxylic acid groups (broad SMARTS) is 1. The quantitative estimate of drug-likeness (QED) is 0.471. The summed E-state index contributed by atoms with van der Waals surface area (Å²) in [7, 11) is 0. The maximum Gasteiger partial charge on any atom is 0.407 e. The number of alkyl carbamates (subject to hydrolysis) is 1. The fourth-order valence-corrected chi connectivity index (χ4v) is 3.98. The molecule has 3 aromatic rings. The number of carbonyl (C=O) groups excluding carboxylic acids is 2. The number of aliphatic carboxylic acids is 1. The largest absolute Gasteiger partial charge is 0.480 e. The molecule has 1 aliphatic rings. The van der Waals surface area contributed by atoms with E-state index in [0.717, 1.165) is 22.3 Å². The molecule has 2 amide bonds. The average molecular weight is 463 g/mol. The van der Waals surface area contributed by atoms with Gasteiger partial charge in [0.1, 0.15) is 13.2 Å². The van der Waals surface area contributed by atoms with E-state index in [4.69, 9.17) is 9.84 Å². The highest BCUT2D eigenvalue weighted by atomic mass is 16.5. The van der Waals surface area contributed by atoms with Gasteiger partial charge in [-0.3, -0.25) is 14.3 Å². The second-order valence-electron chi connectivity index (χ2n) is 8.84. The van der Waals surface area contributed by atoms with Crippen LogP contribution in [0.3, 0.4) is 0 Å². The molecule has 9 heteroatoms. The molecule has 0 unspecified atom stereocenters. The smallest absolute Gasteiger partial charge is 0.407 e. The third-order valence-corrected chi connectivity index (χ3v) is 5.82. The van der Waals surface area contributed by atoms with Crippen LogP contribution in [0.15, 0.2) is 60.9 Å². The van der Waals surface area contributed by atoms with E-state index in [-0.39, 0.29) is 31.5 Å². The molecule has 0 bridgehead atoms. The van der Waals surface area contributed by atoms with Crippen LogP contribution < -0.4 is 10.6 Å². The van der Waals surface area contributed by atoms with Crippen molar-refractivity contribution >= 4 is 23.7 Å². The van der Waals surface area contributed by atoms with Crippen LogP contribution in [0, 0.1) is 5.41 Å². The number of hydrogen-bond acceptors (Lipinski definition) is 5. The van der Waals surface area contributed by atoms with Gasteiger partial charge in [-0.25, -0.2) is 4.79 Å². The van der Waals surface area contributed by atoms with Crippen molar-refractivity contribution in [1.29, 1.82) is 0 Å². The van der Waals surface area contributed by atoms with Crippen LogP contribution in [0.25, 0.3) is 11.1 Å². The Morgan fingerprint density at radius 1 is 1.06 bits per heavy atom. The van der Waals surface area contributed by atoms with E-state index in [2.05, 4.69) is 27.9 Å². The highest BCUT2D eigenvalue weighted by molar-refractivity contribution is 5.95. The van der Waals surface area contributed by atoms with Crippen LogP contribution >= 0.6 is 0 Å². The second kappa shape index (κ2) is 9.38. The monoisotopic (exact) mass is 462 g/mol. The molecule has 0 spiro atoms. The number of nitrogens with one attached hydrogen (secondary N) is 2. The summed E-state index contributed by atoms with van der Waals surface area (Å²) in [6.45, 7) is 3.32. The SMILES string of the molecule is CC(C)(CNC(=O)OCC1c2ccccc2-c2ccccc21)C(=O)Nc1cnn(CC(=O)O)c1. The lowest BCUT2D eigenvalue weighted by Crippen LogP contribution is -2.42. The number of rotatable bonds is 8. The molecule has 1 aliphatic carbocycles. The Morgan fingerprint density at radius 3 is 2.29 bits per heavy atom. The normalized spacial score (nSPS) is 12.5. The molecule has 0 saturated heterocycles. The summed E-state index contributed by atoms with van der Waals surface area (Å²) in [5, 5.41) is 18.1. The van der Waals surface area contributed by atoms with E-state index >= 15 is 0 Å². The van der Waals surface area contributed by atoms with Crippen molar-refractivity contribution in [3.8, 4) is 11.1 Å². The van der Waals surface area contributed by atoms with E-state index in [0.29, 0.717) is 5.69 Å². The molecule has 34 heavy (non-hydrogen) atoms. The molecule has 9 nitrogen and oxygen atoms in total. The zero-order valence-electron chi connectivity index (χ0n) is 18.9. The van der Waals surface area contributed by atoms with Crippen LogP contribution in [0.4, 0.5) is 10.5 Å². The zero-order valence-corrected chi connectivity index (χ0v) is 18.9. The van der Waals surface area contributed by atoms with Gasteiger partial charge in [0, 0.05) is 18.7 Å². The third kappa shape index (κ3) is 4.93. The number of amides is 2. The number of carboxylic acids is 1. The molecular formula is C25H26N4O5. The Hall–Kier alpha value is -4.14. The standard InChI is InChI=1S/C25H26N4O5/c1-25(2,23(32)28-16-11-27-29(12-16)13-22(30)31)15-26-24(33)34-14-21-19-9-5-3-7-17(19)18-8-4-6-10-20(18)21/h3-12,21H,13-15H2,1-2H3,(H,26,33)(H,28,32)(H,30,31). The van der Waals surface area contributed by atoms with Gasteiger partial charge in [0.2, 0.25) is 5.91 Å². The van der Waals surface area contributed by atoms with Gasteiger partial charge in [-0.2, -0.15) is 5.10 Å². The van der Waals surface area contributed by atoms with Gasteiger partial charge in [0.05, 0.1) is 17.3 Å². The fourth-order valence-electron chi connectivity index (χ4n) is 3.98. The number of anilines is 1. The Bertz CT molecular complexity index is 1190. The van der Waals surface area contributed by atoms with E-state index in [1.165, 1.54) is 17.1 Å². The lowest BCUT2D eigenvalue weighted by Gasteiger charge is -2.23. The molecule has 2 aromatic carbocycles. The lowest BCUT2D eigenvalue weighted by molar-refractivity contribution is -0.137. The Balaban J connectivity index is 1.31. The van der Waals surface area contributed by atoms with Crippen molar-refractivity contribution in [3.05, 3.63) is 72.1 Å². The summed E-state index contributed by atoms with van der Waals surface area (Å²) >= 11 is 0. The molecule has 0 saturated carbocycles.